The molecule has 16 nitrogen and oxygen atoms in total. The number of nitrogens with zero attached hydrogens (tertiary/aromatic N) is 2. The van der Waals surface area contributed by atoms with Crippen LogP contribution in [0.1, 0.15) is 102 Å². The molecule has 19 heteroatoms. The Labute approximate surface area is 449 Å². The van der Waals surface area contributed by atoms with Gasteiger partial charge in [-0.15, -0.1) is 0 Å². The molecule has 400 valence electrons. The Morgan fingerprint density at radius 1 is 0.753 bits per heavy atom. The number of thiol groups is 1. The van der Waals surface area contributed by atoms with E-state index >= 15 is 0 Å². The second-order valence-electron chi connectivity index (χ2n) is 16.9. The van der Waals surface area contributed by atoms with E-state index in [1.165, 1.54) is 11.3 Å². The summed E-state index contributed by atoms with van der Waals surface area (Å²) in [7, 11) is 0. The largest absolute Gasteiger partial charge is 0.492 e. The van der Waals surface area contributed by atoms with Gasteiger partial charge in [0.2, 0.25) is 5.78 Å². The summed E-state index contributed by atoms with van der Waals surface area (Å²) in [6, 6.07) is 26.0. The summed E-state index contributed by atoms with van der Waals surface area (Å²) >= 11 is 8.45. The first-order valence-corrected chi connectivity index (χ1v) is 27.1. The van der Waals surface area contributed by atoms with Gasteiger partial charge in [0.25, 0.3) is 0 Å². The summed E-state index contributed by atoms with van der Waals surface area (Å²) in [5.41, 5.74) is 8.48. The minimum absolute atomic E-state index is 0.0435. The van der Waals surface area contributed by atoms with Crippen LogP contribution in [0, 0.1) is 0 Å². The van der Waals surface area contributed by atoms with Crippen molar-refractivity contribution in [2.75, 3.05) is 80.3 Å². The molecule has 0 bridgehead atoms. The van der Waals surface area contributed by atoms with Crippen LogP contribution in [0.15, 0.2) is 84.9 Å². The molecule has 2 aliphatic heterocycles. The van der Waals surface area contributed by atoms with Gasteiger partial charge in [-0.2, -0.15) is 12.6 Å². The number of halogens is 1. The first-order valence-electron chi connectivity index (χ1n) is 24.5. The number of nitrogen functional groups attached to an aromatic ring is 1. The Morgan fingerprint density at radius 3 is 1.77 bits per heavy atom. The van der Waals surface area contributed by atoms with E-state index in [9.17, 15) is 14.4 Å². The van der Waals surface area contributed by atoms with E-state index in [2.05, 4.69) is 63.3 Å². The summed E-state index contributed by atoms with van der Waals surface area (Å²) < 4.78 is 38.6. The number of ether oxygens (including phenoxy) is 7. The summed E-state index contributed by atoms with van der Waals surface area (Å²) in [6.07, 6.45) is -0.315. The summed E-state index contributed by atoms with van der Waals surface area (Å²) in [5.74, 6) is 4.73. The van der Waals surface area contributed by atoms with Crippen LogP contribution in [-0.4, -0.2) is 109 Å². The average molecular weight is 1110 g/mol. The third-order valence-electron chi connectivity index (χ3n) is 9.67. The highest BCUT2D eigenvalue weighted by atomic mass is 79.9. The van der Waals surface area contributed by atoms with Crippen molar-refractivity contribution in [1.82, 2.24) is 15.2 Å². The fourth-order valence-electron chi connectivity index (χ4n) is 6.34. The zero-order chi connectivity index (χ0) is 53.9. The maximum Gasteiger partial charge on any atom is 0.410 e. The highest BCUT2D eigenvalue weighted by Gasteiger charge is 2.25. The highest BCUT2D eigenvalue weighted by Crippen LogP contribution is 2.35. The molecule has 0 atom stereocenters. The molecular weight excluding hydrogens is 1040 g/mol. The Hall–Kier alpha value is -5.89. The zero-order valence-corrected chi connectivity index (χ0v) is 47.4. The number of amides is 1. The zero-order valence-electron chi connectivity index (χ0n) is 44.1. The van der Waals surface area contributed by atoms with Gasteiger partial charge in [-0.1, -0.05) is 68.8 Å². The molecule has 0 radical (unpaired) electrons. The number of aromatic nitrogens is 1. The number of nitrogens with two attached hydrogens (primary N) is 1. The normalized spacial score (nSPS) is 11.9. The number of Topliss-reactive ketones (excluding diaryl/α,β-unsaturated/α-hetero) is 1. The molecule has 4 aromatic carbocycles. The number of rotatable bonds is 18. The average Bonchev–Trinajstić information content (AvgIpc) is 3.76. The molecule has 0 saturated carbocycles. The van der Waals surface area contributed by atoms with Gasteiger partial charge in [0, 0.05) is 41.1 Å². The van der Waals surface area contributed by atoms with Crippen LogP contribution in [0.3, 0.4) is 0 Å². The first-order chi connectivity index (χ1) is 35.0. The van der Waals surface area contributed by atoms with E-state index in [0.717, 1.165) is 29.4 Å². The van der Waals surface area contributed by atoms with Gasteiger partial charge >= 0.3 is 6.09 Å². The molecular formula is C54H75BrN6O10S2. The molecule has 3 heterocycles. The third-order valence-corrected chi connectivity index (χ3v) is 11.3. The molecule has 2 aliphatic rings. The number of anilines is 4. The standard InChI is InChI=1S/C23H26N4O4S.C17H28N2O3S.C10H9BrO3.2C2H6/c1-14(2)25-9-10-29-17-6-4-16(5-7-17)26-23-27-22(24)21(32-23)20(28)15-3-8-18-19(13-15)31-12-11-30-18;1-13(2)19(16(20)22-17(3,4)5)10-11-21-15-8-6-14(7-9-15)18-12-23;11-6-8(12)7-1-2-9-10(5-7)14-4-3-13-9;2*1-2/h3-8,13-14,25H,9-12,24H2,1-2H3,(H,26,27);6-9,13,18,23H,10-12H2,1-5H3;1-2,5H,3-4,6H2;2*1-2H3. The lowest BCUT2D eigenvalue weighted by atomic mass is 10.1. The molecule has 0 saturated heterocycles. The Kier molecular flexibility index (Phi) is 27.2. The maximum atomic E-state index is 13.0. The second-order valence-corrected chi connectivity index (χ2v) is 18.8. The van der Waals surface area contributed by atoms with Crippen LogP contribution < -0.4 is 50.1 Å². The summed E-state index contributed by atoms with van der Waals surface area (Å²) in [6.45, 7) is 26.0. The van der Waals surface area contributed by atoms with Gasteiger partial charge in [-0.05, 0) is 120 Å². The van der Waals surface area contributed by atoms with Crippen molar-refractivity contribution in [1.29, 1.82) is 0 Å². The number of hydrogen-bond donors (Lipinski definition) is 5. The quantitative estimate of drug-likeness (QED) is 0.0183. The van der Waals surface area contributed by atoms with Crippen molar-refractivity contribution in [3.63, 3.8) is 0 Å². The lowest BCUT2D eigenvalue weighted by molar-refractivity contribution is 0.0164. The Bertz CT molecular complexity index is 2430. The maximum absolute atomic E-state index is 13.0. The van der Waals surface area contributed by atoms with E-state index in [1.54, 1.807) is 41.3 Å². The van der Waals surface area contributed by atoms with Crippen LogP contribution in [0.4, 0.5) is 27.1 Å². The molecule has 1 aromatic heterocycles. The van der Waals surface area contributed by atoms with Crippen LogP contribution in [0.25, 0.3) is 0 Å². The fraction of sp³-hybridized carbons (Fsp3) is 0.444. The molecule has 1 amide bonds. The number of nitrogens with one attached hydrogen (secondary N) is 3. The number of ketones is 2. The summed E-state index contributed by atoms with van der Waals surface area (Å²) in [4.78, 5) is 42.9. The number of hydrogen-bond acceptors (Lipinski definition) is 17. The van der Waals surface area contributed by atoms with Crippen LogP contribution >= 0.6 is 39.9 Å². The van der Waals surface area contributed by atoms with Crippen molar-refractivity contribution in [2.45, 2.75) is 93.8 Å². The van der Waals surface area contributed by atoms with E-state index in [-0.39, 0.29) is 29.5 Å². The van der Waals surface area contributed by atoms with Gasteiger partial charge in [0.1, 0.15) is 67.4 Å². The lowest BCUT2D eigenvalue weighted by Crippen LogP contribution is -2.43. The van der Waals surface area contributed by atoms with Gasteiger partial charge in [-0.25, -0.2) is 9.78 Å². The number of carbonyl (C=O) groups is 3. The van der Waals surface area contributed by atoms with Crippen molar-refractivity contribution in [2.24, 2.45) is 0 Å². The van der Waals surface area contributed by atoms with Gasteiger partial charge in [0.05, 0.1) is 17.8 Å². The van der Waals surface area contributed by atoms with Crippen LogP contribution in [0.5, 0.6) is 34.5 Å². The SMILES string of the molecule is CC.CC.CC(C)N(CCOc1ccc(NCS)cc1)C(=O)OC(C)(C)C.CC(C)NCCOc1ccc(Nc2nc(N)c(C(=O)c3ccc4c(c3)OCCO4)s2)cc1.O=C(CBr)c1ccc2c(c1)OCCO2. The van der Waals surface area contributed by atoms with Crippen molar-refractivity contribution in [3.05, 3.63) is 101 Å². The predicted molar refractivity (Wildman–Crippen MR) is 301 cm³/mol. The van der Waals surface area contributed by atoms with E-state index in [1.807, 2.05) is 111 Å². The molecule has 0 unspecified atom stereocenters. The second kappa shape index (κ2) is 32.3. The van der Waals surface area contributed by atoms with Crippen molar-refractivity contribution in [3.8, 4) is 34.5 Å². The first kappa shape index (κ1) is 61.4. The van der Waals surface area contributed by atoms with Gasteiger partial charge < -0.3 is 59.7 Å². The molecule has 5 N–H and O–H groups in total. The van der Waals surface area contributed by atoms with Gasteiger partial charge in [0.15, 0.2) is 33.9 Å². The van der Waals surface area contributed by atoms with Gasteiger partial charge in [-0.3, -0.25) is 9.59 Å². The van der Waals surface area contributed by atoms with E-state index in [0.29, 0.717) is 108 Å². The minimum Gasteiger partial charge on any atom is -0.492 e. The number of carbonyl (C=O) groups excluding carboxylic acids is 3. The molecule has 5 aromatic rings. The minimum atomic E-state index is -0.499. The Balaban J connectivity index is 0.000000299. The fourth-order valence-corrected chi connectivity index (χ4v) is 7.71. The number of thiazole rings is 1. The highest BCUT2D eigenvalue weighted by molar-refractivity contribution is 9.09. The van der Waals surface area contributed by atoms with Crippen LogP contribution in [-0.2, 0) is 4.74 Å². The monoisotopic (exact) mass is 1110 g/mol. The summed E-state index contributed by atoms with van der Waals surface area (Å²) in [5, 5.41) is 10.5. The lowest BCUT2D eigenvalue weighted by Gasteiger charge is -2.30. The molecule has 0 spiro atoms. The topological polar surface area (TPSA) is 194 Å². The Morgan fingerprint density at radius 2 is 1.26 bits per heavy atom. The third kappa shape index (κ3) is 21.2. The van der Waals surface area contributed by atoms with E-state index < -0.39 is 5.60 Å². The number of alkyl halides is 1. The van der Waals surface area contributed by atoms with Crippen molar-refractivity contribution < 1.29 is 47.5 Å². The molecule has 73 heavy (non-hydrogen) atoms. The molecule has 7 rings (SSSR count). The molecule has 0 aliphatic carbocycles. The smallest absolute Gasteiger partial charge is 0.410 e. The number of benzene rings is 4. The van der Waals surface area contributed by atoms with Crippen molar-refractivity contribution >= 4 is 79.9 Å². The van der Waals surface area contributed by atoms with Crippen LogP contribution in [0.2, 0.25) is 0 Å². The number of fused-ring (bicyclic) bond motifs is 2. The predicted octanol–water partition coefficient (Wildman–Crippen LogP) is 11.9. The van der Waals surface area contributed by atoms with E-state index in [4.69, 9.17) is 38.9 Å². The molecule has 0 fully saturated rings.